The van der Waals surface area contributed by atoms with E-state index in [1.807, 2.05) is 56.3 Å². The SMILES string of the molecule is CCOC(=O)C(C#N)=Cc1cc(COc2ccc(Br)cc2)c(C)cc1C. The third-order valence-corrected chi connectivity index (χ3v) is 4.38. The zero-order valence-corrected chi connectivity index (χ0v) is 16.6. The van der Waals surface area contributed by atoms with Gasteiger partial charge in [-0.1, -0.05) is 22.0 Å². The topological polar surface area (TPSA) is 59.3 Å². The molecule has 0 radical (unpaired) electrons. The quantitative estimate of drug-likeness (QED) is 0.374. The average Bonchev–Trinajstić information content (AvgIpc) is 2.61. The standard InChI is InChI=1S/C21H20BrNO3/c1-4-25-21(24)17(12-23)10-16-11-18(15(3)9-14(16)2)13-26-20-7-5-19(22)6-8-20/h5-11H,4,13H2,1-3H3. The highest BCUT2D eigenvalue weighted by atomic mass is 79.9. The zero-order valence-electron chi connectivity index (χ0n) is 15.0. The highest BCUT2D eigenvalue weighted by Gasteiger charge is 2.12. The summed E-state index contributed by atoms with van der Waals surface area (Å²) in [6.07, 6.45) is 1.57. The molecule has 2 rings (SSSR count). The molecule has 0 heterocycles. The Hall–Kier alpha value is -2.58. The van der Waals surface area contributed by atoms with Crippen LogP contribution in [0.15, 0.2) is 46.4 Å². The van der Waals surface area contributed by atoms with Crippen molar-refractivity contribution in [3.8, 4) is 11.8 Å². The van der Waals surface area contributed by atoms with Crippen LogP contribution in [0.3, 0.4) is 0 Å². The third-order valence-electron chi connectivity index (χ3n) is 3.85. The number of hydrogen-bond acceptors (Lipinski definition) is 4. The summed E-state index contributed by atoms with van der Waals surface area (Å²) in [5.74, 6) is 0.164. The molecule has 4 nitrogen and oxygen atoms in total. The zero-order chi connectivity index (χ0) is 19.1. The molecule has 0 saturated carbocycles. The number of esters is 1. The van der Waals surface area contributed by atoms with Crippen molar-refractivity contribution in [1.29, 1.82) is 5.26 Å². The van der Waals surface area contributed by atoms with Gasteiger partial charge >= 0.3 is 5.97 Å². The fourth-order valence-corrected chi connectivity index (χ4v) is 2.68. The lowest BCUT2D eigenvalue weighted by Crippen LogP contribution is -2.06. The molecule has 0 aliphatic carbocycles. The van der Waals surface area contributed by atoms with Gasteiger partial charge in [-0.2, -0.15) is 5.26 Å². The van der Waals surface area contributed by atoms with E-state index in [4.69, 9.17) is 9.47 Å². The summed E-state index contributed by atoms with van der Waals surface area (Å²) >= 11 is 3.40. The number of nitrogens with zero attached hydrogens (tertiary/aromatic N) is 1. The number of rotatable bonds is 6. The second-order valence-corrected chi connectivity index (χ2v) is 6.68. The van der Waals surface area contributed by atoms with Crippen LogP contribution in [-0.4, -0.2) is 12.6 Å². The van der Waals surface area contributed by atoms with Crippen LogP contribution >= 0.6 is 15.9 Å². The van der Waals surface area contributed by atoms with Crippen molar-refractivity contribution in [3.05, 3.63) is 68.7 Å². The summed E-state index contributed by atoms with van der Waals surface area (Å²) in [5.41, 5.74) is 3.84. The highest BCUT2D eigenvalue weighted by Crippen LogP contribution is 2.22. The molecule has 2 aromatic rings. The molecule has 0 N–H and O–H groups in total. The van der Waals surface area contributed by atoms with Crippen LogP contribution in [0.5, 0.6) is 5.75 Å². The second kappa shape index (κ2) is 9.21. The lowest BCUT2D eigenvalue weighted by molar-refractivity contribution is -0.137. The van der Waals surface area contributed by atoms with Gasteiger partial charge in [0.2, 0.25) is 0 Å². The van der Waals surface area contributed by atoms with E-state index >= 15 is 0 Å². The minimum absolute atomic E-state index is 0.0152. The van der Waals surface area contributed by atoms with Crippen LogP contribution in [0.4, 0.5) is 0 Å². The summed E-state index contributed by atoms with van der Waals surface area (Å²) in [6.45, 7) is 6.30. The summed E-state index contributed by atoms with van der Waals surface area (Å²) in [7, 11) is 0. The minimum Gasteiger partial charge on any atom is -0.489 e. The van der Waals surface area contributed by atoms with Gasteiger partial charge in [-0.3, -0.25) is 0 Å². The van der Waals surface area contributed by atoms with Crippen molar-refractivity contribution in [3.63, 3.8) is 0 Å². The predicted octanol–water partition coefficient (Wildman–Crippen LogP) is 5.12. The molecular weight excluding hydrogens is 394 g/mol. The van der Waals surface area contributed by atoms with Crippen molar-refractivity contribution in [2.75, 3.05) is 6.61 Å². The van der Waals surface area contributed by atoms with Gasteiger partial charge in [-0.15, -0.1) is 0 Å². The normalized spacial score (nSPS) is 11.0. The van der Waals surface area contributed by atoms with E-state index in [1.54, 1.807) is 13.0 Å². The first-order valence-electron chi connectivity index (χ1n) is 8.22. The Morgan fingerprint density at radius 3 is 2.50 bits per heavy atom. The fraction of sp³-hybridized carbons (Fsp3) is 0.238. The minimum atomic E-state index is -0.609. The summed E-state index contributed by atoms with van der Waals surface area (Å²) in [4.78, 5) is 11.8. The molecular formula is C21H20BrNO3. The van der Waals surface area contributed by atoms with E-state index in [0.717, 1.165) is 32.5 Å². The second-order valence-electron chi connectivity index (χ2n) is 5.77. The van der Waals surface area contributed by atoms with Gasteiger partial charge in [0.25, 0.3) is 0 Å². The third kappa shape index (κ3) is 5.21. The Balaban J connectivity index is 2.26. The first kappa shape index (κ1) is 19.7. The van der Waals surface area contributed by atoms with E-state index in [-0.39, 0.29) is 12.2 Å². The van der Waals surface area contributed by atoms with E-state index in [0.29, 0.717) is 6.61 Å². The molecule has 0 atom stereocenters. The number of ether oxygens (including phenoxy) is 2. The van der Waals surface area contributed by atoms with E-state index in [2.05, 4.69) is 15.9 Å². The van der Waals surface area contributed by atoms with Crippen LogP contribution in [0.25, 0.3) is 6.08 Å². The van der Waals surface area contributed by atoms with Gasteiger partial charge in [-0.25, -0.2) is 4.79 Å². The van der Waals surface area contributed by atoms with E-state index in [9.17, 15) is 10.1 Å². The molecule has 134 valence electrons. The van der Waals surface area contributed by atoms with Crippen molar-refractivity contribution in [2.24, 2.45) is 0 Å². The van der Waals surface area contributed by atoms with Gasteiger partial charge in [0.05, 0.1) is 6.61 Å². The van der Waals surface area contributed by atoms with Crippen LogP contribution in [0.1, 0.15) is 29.2 Å². The number of nitriles is 1. The maximum Gasteiger partial charge on any atom is 0.348 e. The van der Waals surface area contributed by atoms with Crippen LogP contribution < -0.4 is 4.74 Å². The molecule has 5 heteroatoms. The summed E-state index contributed by atoms with van der Waals surface area (Å²) in [6, 6.07) is 13.5. The number of halogens is 1. The molecule has 0 saturated heterocycles. The summed E-state index contributed by atoms with van der Waals surface area (Å²) in [5, 5.41) is 9.23. The molecule has 0 unspecified atom stereocenters. The monoisotopic (exact) mass is 413 g/mol. The maximum atomic E-state index is 11.8. The van der Waals surface area contributed by atoms with Gasteiger partial charge in [0.1, 0.15) is 24.0 Å². The van der Waals surface area contributed by atoms with Crippen LogP contribution in [0.2, 0.25) is 0 Å². The molecule has 0 aromatic heterocycles. The summed E-state index contributed by atoms with van der Waals surface area (Å²) < 4.78 is 11.8. The van der Waals surface area contributed by atoms with Crippen molar-refractivity contribution in [2.45, 2.75) is 27.4 Å². The smallest absolute Gasteiger partial charge is 0.348 e. The predicted molar refractivity (Wildman–Crippen MR) is 105 cm³/mol. The Labute approximate surface area is 162 Å². The van der Waals surface area contributed by atoms with Gasteiger partial charge < -0.3 is 9.47 Å². The van der Waals surface area contributed by atoms with Gasteiger partial charge in [0.15, 0.2) is 0 Å². The van der Waals surface area contributed by atoms with Crippen molar-refractivity contribution in [1.82, 2.24) is 0 Å². The molecule has 0 aliphatic rings. The Morgan fingerprint density at radius 1 is 1.19 bits per heavy atom. The Kier molecular flexibility index (Phi) is 6.99. The molecule has 0 spiro atoms. The number of hydrogen-bond donors (Lipinski definition) is 0. The van der Waals surface area contributed by atoms with E-state index in [1.165, 1.54) is 0 Å². The molecule has 0 fully saturated rings. The lowest BCUT2D eigenvalue weighted by atomic mass is 9.98. The van der Waals surface area contributed by atoms with Crippen molar-refractivity contribution >= 4 is 28.0 Å². The van der Waals surface area contributed by atoms with Crippen LogP contribution in [-0.2, 0) is 16.1 Å². The molecule has 0 bridgehead atoms. The Morgan fingerprint density at radius 2 is 1.88 bits per heavy atom. The number of benzene rings is 2. The first-order valence-corrected chi connectivity index (χ1v) is 9.01. The lowest BCUT2D eigenvalue weighted by Gasteiger charge is -2.12. The van der Waals surface area contributed by atoms with Crippen molar-refractivity contribution < 1.29 is 14.3 Å². The Bertz CT molecular complexity index is 864. The highest BCUT2D eigenvalue weighted by molar-refractivity contribution is 9.10. The first-order chi connectivity index (χ1) is 12.4. The van der Waals surface area contributed by atoms with Gasteiger partial charge in [-0.05, 0) is 79.4 Å². The maximum absolute atomic E-state index is 11.8. The molecule has 0 amide bonds. The van der Waals surface area contributed by atoms with Gasteiger partial charge in [0, 0.05) is 4.47 Å². The van der Waals surface area contributed by atoms with Crippen LogP contribution in [0, 0.1) is 25.2 Å². The van der Waals surface area contributed by atoms with E-state index < -0.39 is 5.97 Å². The molecule has 0 aliphatic heterocycles. The molecule has 2 aromatic carbocycles. The molecule has 26 heavy (non-hydrogen) atoms. The number of carbonyl (C=O) groups excluding carboxylic acids is 1. The largest absolute Gasteiger partial charge is 0.489 e. The number of carbonyl (C=O) groups is 1. The fourth-order valence-electron chi connectivity index (χ4n) is 2.42. The average molecular weight is 414 g/mol. The number of aryl methyl sites for hydroxylation is 2.